The summed E-state index contributed by atoms with van der Waals surface area (Å²) < 4.78 is 14.3. The van der Waals surface area contributed by atoms with Crippen LogP contribution in [0.15, 0.2) is 103 Å². The van der Waals surface area contributed by atoms with Gasteiger partial charge in [-0.25, -0.2) is 4.39 Å². The van der Waals surface area contributed by atoms with E-state index in [9.17, 15) is 18.8 Å². The number of benzene rings is 4. The first-order valence-electron chi connectivity index (χ1n) is 12.7. The molecule has 0 amide bonds. The van der Waals surface area contributed by atoms with Crippen molar-refractivity contribution in [3.63, 3.8) is 0 Å². The average Bonchev–Trinajstić information content (AvgIpc) is 3.39. The van der Waals surface area contributed by atoms with E-state index in [0.717, 1.165) is 0 Å². The van der Waals surface area contributed by atoms with E-state index in [-0.39, 0.29) is 17.3 Å². The topological polar surface area (TPSA) is 54.5 Å². The number of hydrogen-bond acceptors (Lipinski definition) is 4. The van der Waals surface area contributed by atoms with E-state index in [1.807, 2.05) is 11.0 Å². The van der Waals surface area contributed by atoms with E-state index in [0.29, 0.717) is 38.5 Å². The van der Waals surface area contributed by atoms with Crippen molar-refractivity contribution in [3.05, 3.63) is 142 Å². The quantitative estimate of drug-likeness (QED) is 0.215. The van der Waals surface area contributed by atoms with E-state index < -0.39 is 29.2 Å². The van der Waals surface area contributed by atoms with Gasteiger partial charge in [0.1, 0.15) is 17.3 Å². The molecule has 3 atom stereocenters. The highest BCUT2D eigenvalue weighted by Crippen LogP contribution is 2.61. The number of hydrogen-bond donors (Lipinski definition) is 0. The van der Waals surface area contributed by atoms with Gasteiger partial charge < -0.3 is 4.90 Å². The maximum atomic E-state index is 14.5. The fourth-order valence-corrected chi connectivity index (χ4v) is 6.89. The maximum Gasteiger partial charge on any atom is 0.185 e. The summed E-state index contributed by atoms with van der Waals surface area (Å²) >= 11 is 6.24. The number of anilines is 1. The van der Waals surface area contributed by atoms with Gasteiger partial charge in [0.05, 0.1) is 6.04 Å². The molecule has 2 aliphatic heterocycles. The second kappa shape index (κ2) is 8.58. The molecule has 0 N–H and O–H groups in total. The van der Waals surface area contributed by atoms with Gasteiger partial charge in [-0.2, -0.15) is 0 Å². The molecule has 0 aromatic heterocycles. The largest absolute Gasteiger partial charge is 0.352 e. The summed E-state index contributed by atoms with van der Waals surface area (Å²) in [5.41, 5.74) is 1.42. The Labute approximate surface area is 229 Å². The first-order chi connectivity index (χ1) is 18.9. The van der Waals surface area contributed by atoms with Crippen LogP contribution in [0, 0.1) is 11.2 Å². The predicted octanol–water partition coefficient (Wildman–Crippen LogP) is 6.80. The number of nitrogens with zero attached hydrogens (tertiary/aromatic N) is 1. The van der Waals surface area contributed by atoms with Crippen LogP contribution in [0.2, 0.25) is 5.02 Å². The molecule has 4 nitrogen and oxygen atoms in total. The van der Waals surface area contributed by atoms with Crippen molar-refractivity contribution >= 4 is 40.7 Å². The molecular formula is C33H21ClFNO3. The Morgan fingerprint density at radius 3 is 2.13 bits per heavy atom. The van der Waals surface area contributed by atoms with Gasteiger partial charge in [-0.3, -0.25) is 14.4 Å². The SMILES string of the molecule is O=C(c1ccccc1)[C@@H]1[C@H](c2ccc(Cl)cc2)C2(C(=O)c3ccccc3C2=O)[C@H]2C=Cc3cc(F)ccc3N12. The minimum Gasteiger partial charge on any atom is -0.352 e. The molecular weight excluding hydrogens is 513 g/mol. The van der Waals surface area contributed by atoms with Gasteiger partial charge in [0.2, 0.25) is 0 Å². The molecule has 0 unspecified atom stereocenters. The lowest BCUT2D eigenvalue weighted by molar-refractivity contribution is 0.0666. The lowest BCUT2D eigenvalue weighted by atomic mass is 9.64. The highest BCUT2D eigenvalue weighted by atomic mass is 35.5. The van der Waals surface area contributed by atoms with E-state index in [2.05, 4.69) is 0 Å². The van der Waals surface area contributed by atoms with Gasteiger partial charge in [0.15, 0.2) is 17.3 Å². The molecule has 4 aromatic carbocycles. The summed E-state index contributed by atoms with van der Waals surface area (Å²) in [7, 11) is 0. The van der Waals surface area contributed by atoms with Crippen LogP contribution in [0.25, 0.3) is 6.08 Å². The van der Waals surface area contributed by atoms with E-state index >= 15 is 0 Å². The normalized spacial score (nSPS) is 22.1. The Balaban J connectivity index is 1.55. The molecule has 190 valence electrons. The number of carbonyl (C=O) groups excluding carboxylic acids is 3. The zero-order valence-electron chi connectivity index (χ0n) is 20.6. The van der Waals surface area contributed by atoms with Gasteiger partial charge in [-0.05, 0) is 35.9 Å². The Bertz CT molecular complexity index is 1680. The van der Waals surface area contributed by atoms with Gasteiger partial charge in [0.25, 0.3) is 0 Å². The van der Waals surface area contributed by atoms with Crippen molar-refractivity contribution in [1.29, 1.82) is 0 Å². The fraction of sp³-hybridized carbons (Fsp3) is 0.121. The van der Waals surface area contributed by atoms with Crippen molar-refractivity contribution in [3.8, 4) is 0 Å². The van der Waals surface area contributed by atoms with Crippen LogP contribution in [-0.2, 0) is 0 Å². The van der Waals surface area contributed by atoms with E-state index in [1.165, 1.54) is 12.1 Å². The molecule has 2 heterocycles. The van der Waals surface area contributed by atoms with Crippen LogP contribution in [0.4, 0.5) is 10.1 Å². The van der Waals surface area contributed by atoms with Gasteiger partial charge in [-0.1, -0.05) is 90.5 Å². The van der Waals surface area contributed by atoms with E-state index in [1.54, 1.807) is 91.0 Å². The number of rotatable bonds is 3. The molecule has 7 rings (SSSR count). The summed E-state index contributed by atoms with van der Waals surface area (Å²) in [6.45, 7) is 0. The first kappa shape index (κ1) is 23.7. The predicted molar refractivity (Wildman–Crippen MR) is 148 cm³/mol. The number of ketones is 3. The molecule has 0 radical (unpaired) electrons. The summed E-state index contributed by atoms with van der Waals surface area (Å²) in [4.78, 5) is 45.4. The molecule has 0 saturated carbocycles. The number of fused-ring (bicyclic) bond motifs is 5. The number of halogens is 2. The van der Waals surface area contributed by atoms with Crippen LogP contribution in [-0.4, -0.2) is 29.4 Å². The third-order valence-electron chi connectivity index (χ3n) is 8.32. The molecule has 0 bridgehead atoms. The van der Waals surface area contributed by atoms with Crippen LogP contribution in [0.5, 0.6) is 0 Å². The Hall–Kier alpha value is -4.35. The maximum absolute atomic E-state index is 14.5. The van der Waals surface area contributed by atoms with Crippen molar-refractivity contribution in [2.45, 2.75) is 18.0 Å². The Morgan fingerprint density at radius 2 is 1.46 bits per heavy atom. The molecule has 1 fully saturated rings. The highest BCUT2D eigenvalue weighted by molar-refractivity contribution is 6.32. The molecule has 1 aliphatic carbocycles. The van der Waals surface area contributed by atoms with E-state index in [4.69, 9.17) is 11.6 Å². The molecule has 39 heavy (non-hydrogen) atoms. The summed E-state index contributed by atoms with van der Waals surface area (Å²) in [6, 6.07) is 25.4. The Kier molecular flexibility index (Phi) is 5.23. The standard InChI is InChI=1S/C33H21ClFNO3/c34-22-13-10-19(11-14-22)28-29(30(37)20-6-2-1-3-7-20)36-26-16-15-23(35)18-21(26)12-17-27(36)33(28)31(38)24-8-4-5-9-25(24)32(33)39/h1-18,27-29H/t27-,28+,29+/m1/s1. The zero-order valence-corrected chi connectivity index (χ0v) is 21.3. The minimum absolute atomic E-state index is 0.223. The average molecular weight is 534 g/mol. The molecule has 4 aromatic rings. The molecule has 1 saturated heterocycles. The van der Waals surface area contributed by atoms with Crippen LogP contribution in [0.3, 0.4) is 0 Å². The van der Waals surface area contributed by atoms with Crippen LogP contribution >= 0.6 is 11.6 Å². The lowest BCUT2D eigenvalue weighted by Crippen LogP contribution is -2.48. The van der Waals surface area contributed by atoms with Gasteiger partial charge in [-0.15, -0.1) is 0 Å². The van der Waals surface area contributed by atoms with Gasteiger partial charge in [0, 0.05) is 38.9 Å². The Morgan fingerprint density at radius 1 is 0.821 bits per heavy atom. The third-order valence-corrected chi connectivity index (χ3v) is 8.57. The van der Waals surface area contributed by atoms with Gasteiger partial charge >= 0.3 is 0 Å². The molecule has 3 aliphatic rings. The van der Waals surface area contributed by atoms with Crippen molar-refractivity contribution in [2.75, 3.05) is 4.90 Å². The summed E-state index contributed by atoms with van der Waals surface area (Å²) in [6.07, 6.45) is 3.53. The van der Waals surface area contributed by atoms with Crippen LogP contribution in [0.1, 0.15) is 48.1 Å². The van der Waals surface area contributed by atoms with Crippen LogP contribution < -0.4 is 4.90 Å². The first-order valence-corrected chi connectivity index (χ1v) is 13.1. The second-order valence-corrected chi connectivity index (χ2v) is 10.6. The fourth-order valence-electron chi connectivity index (χ4n) is 6.76. The zero-order chi connectivity index (χ0) is 26.9. The van der Waals surface area contributed by atoms with Crippen molar-refractivity contribution in [1.82, 2.24) is 0 Å². The smallest absolute Gasteiger partial charge is 0.185 e. The lowest BCUT2D eigenvalue weighted by Gasteiger charge is -2.37. The third kappa shape index (κ3) is 3.20. The second-order valence-electron chi connectivity index (χ2n) is 10.2. The summed E-state index contributed by atoms with van der Waals surface area (Å²) in [5, 5.41) is 0.502. The summed E-state index contributed by atoms with van der Waals surface area (Å²) in [5.74, 6) is -2.08. The monoisotopic (exact) mass is 533 g/mol. The number of Topliss-reactive ketones (excluding diaryl/α,β-unsaturated/α-hetero) is 3. The minimum atomic E-state index is -1.60. The molecule has 6 heteroatoms. The molecule has 1 spiro atoms. The van der Waals surface area contributed by atoms with Crippen molar-refractivity contribution < 1.29 is 18.8 Å². The van der Waals surface area contributed by atoms with Crippen molar-refractivity contribution in [2.24, 2.45) is 5.41 Å². The highest BCUT2D eigenvalue weighted by Gasteiger charge is 2.71. The number of carbonyl (C=O) groups is 3.